The summed E-state index contributed by atoms with van der Waals surface area (Å²) >= 11 is 0. The van der Waals surface area contributed by atoms with Gasteiger partial charge in [0.25, 0.3) is 5.97 Å². The first-order chi connectivity index (χ1) is 14.9. The summed E-state index contributed by atoms with van der Waals surface area (Å²) in [5, 5.41) is 10.5. The van der Waals surface area contributed by atoms with E-state index in [-0.39, 0.29) is 18.0 Å². The van der Waals surface area contributed by atoms with E-state index >= 15 is 0 Å². The smallest absolute Gasteiger partial charge is 0.319 e. The molecule has 31 heavy (non-hydrogen) atoms. The standard InChI is InChI=1S/C20H30N4O3.C2H4O2/c21-9-14-27-18-5-3-16(4-6-18)15-19(25)22-17-7-12-24(13-8-17)20(26)23-10-1-2-11-23;1-2(3)4/h3-6,17H,1-2,7-15,21H2,(H,22,25);1H3,(H,3,4). The lowest BCUT2D eigenvalue weighted by Crippen LogP contribution is -2.50. The Hall–Kier alpha value is -2.81. The van der Waals surface area contributed by atoms with Crippen LogP contribution in [0.2, 0.25) is 0 Å². The summed E-state index contributed by atoms with van der Waals surface area (Å²) in [5.74, 6) is -0.0467. The number of carboxylic acid groups (broad SMARTS) is 1. The summed E-state index contributed by atoms with van der Waals surface area (Å²) in [4.78, 5) is 37.6. The SMILES string of the molecule is CC(=O)O.NCCOc1ccc(CC(=O)NC2CCN(C(=O)N3CCCC3)CC2)cc1. The molecule has 1 aromatic rings. The Bertz CT molecular complexity index is 707. The van der Waals surface area contributed by atoms with E-state index in [1.165, 1.54) is 0 Å². The van der Waals surface area contributed by atoms with Crippen molar-refractivity contribution in [2.45, 2.75) is 45.1 Å². The number of ether oxygens (including phenoxy) is 1. The molecule has 3 rings (SSSR count). The molecule has 0 bridgehead atoms. The van der Waals surface area contributed by atoms with Gasteiger partial charge >= 0.3 is 6.03 Å². The van der Waals surface area contributed by atoms with Crippen LogP contribution in [-0.2, 0) is 16.0 Å². The first-order valence-electron chi connectivity index (χ1n) is 10.8. The maximum atomic E-state index is 12.4. The second-order valence-corrected chi connectivity index (χ2v) is 7.78. The monoisotopic (exact) mass is 434 g/mol. The predicted octanol–water partition coefficient (Wildman–Crippen LogP) is 1.45. The highest BCUT2D eigenvalue weighted by molar-refractivity contribution is 5.79. The van der Waals surface area contributed by atoms with Crippen LogP contribution < -0.4 is 15.8 Å². The first-order valence-corrected chi connectivity index (χ1v) is 10.8. The number of carboxylic acids is 1. The predicted molar refractivity (Wildman–Crippen MR) is 117 cm³/mol. The van der Waals surface area contributed by atoms with Crippen molar-refractivity contribution in [1.82, 2.24) is 15.1 Å². The van der Waals surface area contributed by atoms with Gasteiger partial charge in [0.05, 0.1) is 6.42 Å². The number of nitrogens with zero attached hydrogens (tertiary/aromatic N) is 2. The van der Waals surface area contributed by atoms with Gasteiger partial charge in [-0.15, -0.1) is 0 Å². The Morgan fingerprint density at radius 3 is 2.16 bits per heavy atom. The van der Waals surface area contributed by atoms with E-state index in [1.54, 1.807) is 0 Å². The number of urea groups is 1. The molecule has 0 unspecified atom stereocenters. The van der Waals surface area contributed by atoms with Gasteiger partial charge < -0.3 is 30.7 Å². The number of amides is 3. The van der Waals surface area contributed by atoms with Crippen molar-refractivity contribution in [3.05, 3.63) is 29.8 Å². The largest absolute Gasteiger partial charge is 0.492 e. The van der Waals surface area contributed by atoms with Crippen molar-refractivity contribution < 1.29 is 24.2 Å². The molecule has 3 amide bonds. The fourth-order valence-electron chi connectivity index (χ4n) is 3.67. The highest BCUT2D eigenvalue weighted by Gasteiger charge is 2.28. The van der Waals surface area contributed by atoms with Crippen molar-refractivity contribution >= 4 is 17.9 Å². The Kier molecular flexibility index (Phi) is 10.1. The molecule has 0 atom stereocenters. The van der Waals surface area contributed by atoms with Gasteiger partial charge in [-0.1, -0.05) is 12.1 Å². The van der Waals surface area contributed by atoms with E-state index in [0.717, 1.165) is 57.0 Å². The summed E-state index contributed by atoms with van der Waals surface area (Å²) in [5.41, 5.74) is 6.37. The molecule has 172 valence electrons. The number of nitrogens with two attached hydrogens (primary N) is 1. The minimum Gasteiger partial charge on any atom is -0.492 e. The van der Waals surface area contributed by atoms with Crippen molar-refractivity contribution in [2.24, 2.45) is 5.73 Å². The fourth-order valence-corrected chi connectivity index (χ4v) is 3.67. The molecule has 9 heteroatoms. The van der Waals surface area contributed by atoms with Crippen LogP contribution in [0, 0.1) is 0 Å². The zero-order chi connectivity index (χ0) is 22.6. The normalized spacial score (nSPS) is 16.3. The number of aliphatic carboxylic acids is 1. The molecule has 2 aliphatic rings. The number of likely N-dealkylation sites (tertiary alicyclic amines) is 2. The lowest BCUT2D eigenvalue weighted by atomic mass is 10.0. The number of carbonyl (C=O) groups excluding carboxylic acids is 2. The summed E-state index contributed by atoms with van der Waals surface area (Å²) in [7, 11) is 0. The molecule has 0 spiro atoms. The van der Waals surface area contributed by atoms with Gasteiger partial charge in [-0.05, 0) is 43.4 Å². The third kappa shape index (κ3) is 8.84. The molecule has 2 heterocycles. The number of hydrogen-bond donors (Lipinski definition) is 3. The number of nitrogens with one attached hydrogen (secondary N) is 1. The number of piperidine rings is 1. The first kappa shape index (κ1) is 24.5. The minimum atomic E-state index is -0.833. The molecule has 0 radical (unpaired) electrons. The van der Waals surface area contributed by atoms with Crippen LogP contribution in [0.5, 0.6) is 5.75 Å². The lowest BCUT2D eigenvalue weighted by Gasteiger charge is -2.34. The minimum absolute atomic E-state index is 0.0231. The molecule has 4 N–H and O–H groups in total. The van der Waals surface area contributed by atoms with Crippen LogP contribution in [0.4, 0.5) is 4.79 Å². The van der Waals surface area contributed by atoms with E-state index < -0.39 is 5.97 Å². The van der Waals surface area contributed by atoms with Gasteiger partial charge in [-0.2, -0.15) is 0 Å². The molecule has 0 aliphatic carbocycles. The summed E-state index contributed by atoms with van der Waals surface area (Å²) in [6, 6.07) is 7.84. The molecule has 2 fully saturated rings. The molecule has 1 aromatic carbocycles. The number of benzene rings is 1. The van der Waals surface area contributed by atoms with Crippen LogP contribution in [0.1, 0.15) is 38.2 Å². The maximum absolute atomic E-state index is 12.4. The van der Waals surface area contributed by atoms with Crippen molar-refractivity contribution in [3.63, 3.8) is 0 Å². The number of hydrogen-bond acceptors (Lipinski definition) is 5. The maximum Gasteiger partial charge on any atom is 0.319 e. The topological polar surface area (TPSA) is 125 Å². The second kappa shape index (κ2) is 12.8. The molecule has 0 aromatic heterocycles. The van der Waals surface area contributed by atoms with Gasteiger partial charge in [0, 0.05) is 45.7 Å². The summed E-state index contributed by atoms with van der Waals surface area (Å²) in [6.07, 6.45) is 4.20. The van der Waals surface area contributed by atoms with E-state index in [9.17, 15) is 9.59 Å². The average molecular weight is 435 g/mol. The Balaban J connectivity index is 0.000000785. The van der Waals surface area contributed by atoms with Gasteiger partial charge in [-0.3, -0.25) is 9.59 Å². The Morgan fingerprint density at radius 2 is 1.61 bits per heavy atom. The van der Waals surface area contributed by atoms with E-state index in [2.05, 4.69) is 5.32 Å². The van der Waals surface area contributed by atoms with Crippen molar-refractivity contribution in [3.8, 4) is 5.75 Å². The summed E-state index contributed by atoms with van der Waals surface area (Å²) < 4.78 is 5.44. The van der Waals surface area contributed by atoms with E-state index in [1.807, 2.05) is 34.1 Å². The van der Waals surface area contributed by atoms with Gasteiger partial charge in [0.15, 0.2) is 0 Å². The van der Waals surface area contributed by atoms with E-state index in [4.69, 9.17) is 20.4 Å². The second-order valence-electron chi connectivity index (χ2n) is 7.78. The van der Waals surface area contributed by atoms with Crippen LogP contribution >= 0.6 is 0 Å². The van der Waals surface area contributed by atoms with Crippen molar-refractivity contribution in [2.75, 3.05) is 39.3 Å². The fraction of sp³-hybridized carbons (Fsp3) is 0.591. The van der Waals surface area contributed by atoms with Crippen molar-refractivity contribution in [1.29, 1.82) is 0 Å². The number of rotatable bonds is 6. The highest BCUT2D eigenvalue weighted by atomic mass is 16.5. The zero-order valence-electron chi connectivity index (χ0n) is 18.2. The average Bonchev–Trinajstić information content (AvgIpc) is 3.28. The molecular weight excluding hydrogens is 400 g/mol. The highest BCUT2D eigenvalue weighted by Crippen LogP contribution is 2.17. The van der Waals surface area contributed by atoms with Gasteiger partial charge in [0.2, 0.25) is 5.91 Å². The molecular formula is C22H34N4O5. The van der Waals surface area contributed by atoms with Crippen LogP contribution in [0.25, 0.3) is 0 Å². The van der Waals surface area contributed by atoms with E-state index in [0.29, 0.717) is 32.7 Å². The quantitative estimate of drug-likeness (QED) is 0.622. The lowest BCUT2D eigenvalue weighted by molar-refractivity contribution is -0.134. The number of carbonyl (C=O) groups is 3. The van der Waals surface area contributed by atoms with Crippen LogP contribution in [0.15, 0.2) is 24.3 Å². The van der Waals surface area contributed by atoms with Gasteiger partial charge in [0.1, 0.15) is 12.4 Å². The Morgan fingerprint density at radius 1 is 1.06 bits per heavy atom. The molecule has 2 saturated heterocycles. The Labute approximate surface area is 183 Å². The zero-order valence-corrected chi connectivity index (χ0v) is 18.2. The third-order valence-corrected chi connectivity index (χ3v) is 5.18. The third-order valence-electron chi connectivity index (χ3n) is 5.18. The van der Waals surface area contributed by atoms with Crippen LogP contribution in [0.3, 0.4) is 0 Å². The summed E-state index contributed by atoms with van der Waals surface area (Å²) in [6.45, 7) is 5.24. The van der Waals surface area contributed by atoms with Crippen LogP contribution in [-0.4, -0.2) is 78.2 Å². The molecule has 2 aliphatic heterocycles. The molecule has 9 nitrogen and oxygen atoms in total. The molecule has 0 saturated carbocycles. The van der Waals surface area contributed by atoms with Gasteiger partial charge in [-0.25, -0.2) is 4.79 Å².